The number of amides is 3. The molecule has 3 saturated heterocycles. The summed E-state index contributed by atoms with van der Waals surface area (Å²) in [4.78, 5) is 45.3. The topological polar surface area (TPSA) is 111 Å². The number of likely N-dealkylation sites (tertiary alicyclic amines) is 1. The van der Waals surface area contributed by atoms with E-state index in [9.17, 15) is 19.5 Å². The van der Waals surface area contributed by atoms with Crippen LogP contribution in [0.25, 0.3) is 0 Å². The first-order valence-electron chi connectivity index (χ1n) is 14.2. The van der Waals surface area contributed by atoms with Gasteiger partial charge in [0.05, 0.1) is 30.1 Å². The molecule has 0 aliphatic carbocycles. The van der Waals surface area contributed by atoms with E-state index in [0.717, 1.165) is 25.2 Å². The van der Waals surface area contributed by atoms with Crippen molar-refractivity contribution in [3.63, 3.8) is 0 Å². The summed E-state index contributed by atoms with van der Waals surface area (Å²) in [5, 5.41) is 16.2. The molecule has 9 heteroatoms. The highest BCUT2D eigenvalue weighted by atomic mass is 16.5. The Morgan fingerprint density at radius 2 is 1.79 bits per heavy atom. The fourth-order valence-corrected chi connectivity index (χ4v) is 7.24. The number of nitrogens with zero attached hydrogens (tertiary/aromatic N) is 2. The Hall–Kier alpha value is -2.65. The molecule has 3 amide bonds. The first-order chi connectivity index (χ1) is 18.2. The molecule has 2 bridgehead atoms. The molecule has 1 aromatic carbocycles. The largest absolute Gasteiger partial charge is 0.394 e. The normalized spacial score (nSPS) is 31.2. The first kappa shape index (κ1) is 28.4. The summed E-state index contributed by atoms with van der Waals surface area (Å²) in [6.45, 7) is 11.6. The van der Waals surface area contributed by atoms with Crippen LogP contribution in [0.15, 0.2) is 24.3 Å². The Morgan fingerprint density at radius 1 is 1.13 bits per heavy atom. The summed E-state index contributed by atoms with van der Waals surface area (Å²) in [7, 11) is 1.57. The Balaban J connectivity index is 1.74. The highest BCUT2D eigenvalue weighted by molar-refractivity contribution is 6.04. The molecule has 0 aromatic heterocycles. The number of rotatable bonds is 11. The van der Waals surface area contributed by atoms with Gasteiger partial charge in [-0.25, -0.2) is 0 Å². The molecule has 2 unspecified atom stereocenters. The van der Waals surface area contributed by atoms with E-state index >= 15 is 0 Å². The molecule has 1 aromatic rings. The number of benzene rings is 1. The Kier molecular flexibility index (Phi) is 8.09. The van der Waals surface area contributed by atoms with Gasteiger partial charge >= 0.3 is 0 Å². The Bertz CT molecular complexity index is 1040. The maximum atomic E-state index is 14.2. The van der Waals surface area contributed by atoms with Crippen molar-refractivity contribution in [1.29, 1.82) is 0 Å². The summed E-state index contributed by atoms with van der Waals surface area (Å²) in [6.07, 6.45) is 2.42. The fourth-order valence-electron chi connectivity index (χ4n) is 7.24. The number of hydrogen-bond acceptors (Lipinski definition) is 6. The maximum Gasteiger partial charge on any atom is 0.250 e. The molecule has 1 spiro atoms. The van der Waals surface area contributed by atoms with Gasteiger partial charge in [-0.3, -0.25) is 14.4 Å². The summed E-state index contributed by atoms with van der Waals surface area (Å²) in [5.74, 6) is -2.34. The predicted molar refractivity (Wildman–Crippen MR) is 147 cm³/mol. The molecule has 210 valence electrons. The predicted octanol–water partition coefficient (Wildman–Crippen LogP) is 2.78. The third kappa shape index (κ3) is 4.18. The van der Waals surface area contributed by atoms with E-state index in [1.807, 2.05) is 45.0 Å². The van der Waals surface area contributed by atoms with Gasteiger partial charge in [-0.1, -0.05) is 27.2 Å². The smallest absolute Gasteiger partial charge is 0.250 e. The van der Waals surface area contributed by atoms with Crippen LogP contribution in [0.4, 0.5) is 11.4 Å². The zero-order chi connectivity index (χ0) is 27.8. The second kappa shape index (κ2) is 10.8. The highest BCUT2D eigenvalue weighted by Gasteiger charge is 2.79. The molecule has 38 heavy (non-hydrogen) atoms. The minimum atomic E-state index is -1.11. The van der Waals surface area contributed by atoms with Crippen molar-refractivity contribution in [2.24, 2.45) is 17.8 Å². The van der Waals surface area contributed by atoms with Crippen LogP contribution in [0.5, 0.6) is 0 Å². The minimum absolute atomic E-state index is 0.0429. The van der Waals surface area contributed by atoms with Crippen molar-refractivity contribution in [3.05, 3.63) is 24.3 Å². The second-order valence-corrected chi connectivity index (χ2v) is 11.0. The molecule has 3 fully saturated rings. The lowest BCUT2D eigenvalue weighted by Gasteiger charge is -2.39. The number of carbonyl (C=O) groups excluding carboxylic acids is 3. The number of aliphatic hydroxyl groups is 1. The Morgan fingerprint density at radius 3 is 2.32 bits per heavy atom. The molecule has 3 aliphatic rings. The molecule has 4 rings (SSSR count). The van der Waals surface area contributed by atoms with Gasteiger partial charge in [-0.05, 0) is 63.3 Å². The summed E-state index contributed by atoms with van der Waals surface area (Å²) < 4.78 is 6.74. The summed E-state index contributed by atoms with van der Waals surface area (Å²) in [6, 6.07) is 6.18. The van der Waals surface area contributed by atoms with E-state index < -0.39 is 35.1 Å². The number of ether oxygens (including phenoxy) is 1. The van der Waals surface area contributed by atoms with E-state index in [2.05, 4.69) is 29.4 Å². The molecular formula is C29H44N4O5. The van der Waals surface area contributed by atoms with E-state index in [4.69, 9.17) is 4.74 Å². The molecule has 0 radical (unpaired) electrons. The number of nitrogens with one attached hydrogen (secondary N) is 2. The summed E-state index contributed by atoms with van der Waals surface area (Å²) in [5.41, 5.74) is -0.196. The number of carbonyl (C=O) groups is 3. The van der Waals surface area contributed by atoms with Crippen LogP contribution in [0, 0.1) is 17.8 Å². The van der Waals surface area contributed by atoms with E-state index in [0.29, 0.717) is 24.9 Å². The van der Waals surface area contributed by atoms with Gasteiger partial charge in [0, 0.05) is 31.5 Å². The van der Waals surface area contributed by atoms with Crippen molar-refractivity contribution in [3.8, 4) is 0 Å². The maximum absolute atomic E-state index is 14.2. The number of hydrogen-bond donors (Lipinski definition) is 3. The van der Waals surface area contributed by atoms with Crippen LogP contribution in [0.1, 0.15) is 60.3 Å². The minimum Gasteiger partial charge on any atom is -0.394 e. The third-order valence-electron chi connectivity index (χ3n) is 9.50. The second-order valence-electron chi connectivity index (χ2n) is 11.0. The first-order valence-corrected chi connectivity index (χ1v) is 14.2. The van der Waals surface area contributed by atoms with Gasteiger partial charge in [0.25, 0.3) is 0 Å². The van der Waals surface area contributed by atoms with Crippen LogP contribution in [0.2, 0.25) is 0 Å². The molecule has 3 N–H and O–H groups in total. The molecular weight excluding hydrogens is 484 g/mol. The van der Waals surface area contributed by atoms with Crippen LogP contribution >= 0.6 is 0 Å². The lowest BCUT2D eigenvalue weighted by atomic mass is 9.65. The van der Waals surface area contributed by atoms with Gasteiger partial charge in [-0.2, -0.15) is 0 Å². The SMILES string of the molecule is CC[C@H](C)[C@H](CO)N1C(=O)[C@@H]2[C@H](C(=O)NC)[C@]3(CC)CCC2(O3)C1C(=O)Nc1ccc(N(CC)CC)cc1. The van der Waals surface area contributed by atoms with E-state index in [-0.39, 0.29) is 30.2 Å². The van der Waals surface area contributed by atoms with Crippen LogP contribution in [-0.4, -0.2) is 77.8 Å². The molecule has 3 heterocycles. The van der Waals surface area contributed by atoms with Crippen LogP contribution in [0.3, 0.4) is 0 Å². The van der Waals surface area contributed by atoms with Gasteiger partial charge in [0.15, 0.2) is 0 Å². The van der Waals surface area contributed by atoms with Gasteiger partial charge < -0.3 is 30.3 Å². The van der Waals surface area contributed by atoms with Gasteiger partial charge in [-0.15, -0.1) is 0 Å². The molecule has 7 atom stereocenters. The molecule has 9 nitrogen and oxygen atoms in total. The van der Waals surface area contributed by atoms with Crippen molar-refractivity contribution < 1.29 is 24.2 Å². The zero-order valence-electron chi connectivity index (χ0n) is 23.6. The van der Waals surface area contributed by atoms with E-state index in [1.54, 1.807) is 11.9 Å². The number of aliphatic hydroxyl groups excluding tert-OH is 1. The number of anilines is 2. The standard InChI is InChI=1S/C29H44N4O5/c1-7-18(5)21(17-34)33-24(26(36)31-19-11-13-20(14-12-19)32(9-3)10-4)29-16-15-28(8-2,38-29)22(25(35)30-6)23(29)27(33)37/h11-14,18,21-24,34H,7-10,15-17H2,1-6H3,(H,30,35)(H,31,36)/t18-,21-,22+,23-,24?,28-,29?/m0/s1. The average molecular weight is 529 g/mol. The van der Waals surface area contributed by atoms with Gasteiger partial charge in [0.1, 0.15) is 11.6 Å². The van der Waals surface area contributed by atoms with Crippen molar-refractivity contribution in [2.45, 2.75) is 83.6 Å². The zero-order valence-corrected chi connectivity index (χ0v) is 23.6. The lowest BCUT2D eigenvalue weighted by Crippen LogP contribution is -2.57. The van der Waals surface area contributed by atoms with Crippen molar-refractivity contribution in [1.82, 2.24) is 10.2 Å². The Labute approximate surface area is 226 Å². The monoisotopic (exact) mass is 528 g/mol. The lowest BCUT2D eigenvalue weighted by molar-refractivity contribution is -0.150. The summed E-state index contributed by atoms with van der Waals surface area (Å²) >= 11 is 0. The molecule has 0 saturated carbocycles. The van der Waals surface area contributed by atoms with Crippen molar-refractivity contribution >= 4 is 29.1 Å². The highest BCUT2D eigenvalue weighted by Crippen LogP contribution is 2.64. The quantitative estimate of drug-likeness (QED) is 0.407. The van der Waals surface area contributed by atoms with E-state index in [1.165, 1.54) is 0 Å². The van der Waals surface area contributed by atoms with Crippen LogP contribution in [-0.2, 0) is 19.1 Å². The van der Waals surface area contributed by atoms with Crippen molar-refractivity contribution in [2.75, 3.05) is 37.0 Å². The fraction of sp³-hybridized carbons (Fsp3) is 0.690. The number of fused-ring (bicyclic) bond motifs is 1. The molecule has 3 aliphatic heterocycles. The van der Waals surface area contributed by atoms with Crippen LogP contribution < -0.4 is 15.5 Å². The third-order valence-corrected chi connectivity index (χ3v) is 9.50. The average Bonchev–Trinajstić information content (AvgIpc) is 3.54. The van der Waals surface area contributed by atoms with Gasteiger partial charge in [0.2, 0.25) is 17.7 Å².